The van der Waals surface area contributed by atoms with Crippen molar-refractivity contribution in [3.8, 4) is 0 Å². The number of morpholine rings is 2. The molecule has 0 bridgehead atoms. The van der Waals surface area contributed by atoms with Gasteiger partial charge in [-0.25, -0.2) is 9.59 Å². The van der Waals surface area contributed by atoms with Gasteiger partial charge in [0.1, 0.15) is 0 Å². The minimum absolute atomic E-state index is 0.0513. The van der Waals surface area contributed by atoms with Crippen LogP contribution in [0.15, 0.2) is 48.5 Å². The number of aliphatic carboxylic acids is 2. The minimum atomic E-state index is -2.27. The zero-order valence-electron chi connectivity index (χ0n) is 26.1. The van der Waals surface area contributed by atoms with Crippen molar-refractivity contribution in [1.82, 2.24) is 10.6 Å². The lowest BCUT2D eigenvalue weighted by molar-refractivity contribution is -0.165. The molecule has 6 atom stereocenters. The first-order chi connectivity index (χ1) is 20.5. The molecular weight excluding hydrogens is 611 g/mol. The van der Waals surface area contributed by atoms with Crippen LogP contribution in [0.4, 0.5) is 0 Å². The van der Waals surface area contributed by atoms with Gasteiger partial charge in [0.05, 0.1) is 25.4 Å². The van der Waals surface area contributed by atoms with Crippen LogP contribution < -0.4 is 10.6 Å². The predicted molar refractivity (Wildman–Crippen MR) is 170 cm³/mol. The third-order valence-corrected chi connectivity index (χ3v) is 7.64. The summed E-state index contributed by atoms with van der Waals surface area (Å²) in [5, 5.41) is 41.3. The quantitative estimate of drug-likeness (QED) is 0.240. The van der Waals surface area contributed by atoms with Crippen molar-refractivity contribution in [2.75, 3.05) is 13.2 Å². The Morgan fingerprint density at radius 2 is 1.11 bits per heavy atom. The van der Waals surface area contributed by atoms with Crippen LogP contribution >= 0.6 is 23.2 Å². The van der Waals surface area contributed by atoms with Crippen LogP contribution in [-0.4, -0.2) is 80.9 Å². The van der Waals surface area contributed by atoms with Crippen LogP contribution in [0.5, 0.6) is 0 Å². The molecule has 2 aliphatic rings. The molecule has 44 heavy (non-hydrogen) atoms. The molecule has 2 aromatic carbocycles. The summed E-state index contributed by atoms with van der Waals surface area (Å²) in [5.74, 6) is -3.54. The van der Waals surface area contributed by atoms with Gasteiger partial charge >= 0.3 is 11.9 Å². The Hall–Kier alpha value is -2.28. The molecule has 2 heterocycles. The van der Waals surface area contributed by atoms with Gasteiger partial charge in [0, 0.05) is 33.2 Å². The van der Waals surface area contributed by atoms with Gasteiger partial charge in [-0.05, 0) is 75.9 Å². The molecule has 2 saturated heterocycles. The van der Waals surface area contributed by atoms with Gasteiger partial charge in [-0.3, -0.25) is 0 Å². The Morgan fingerprint density at radius 1 is 0.773 bits per heavy atom. The second kappa shape index (κ2) is 16.9. The molecule has 0 saturated carbocycles. The monoisotopic (exact) mass is 656 g/mol. The number of aliphatic hydroxyl groups excluding tert-OH is 2. The molecule has 0 radical (unpaired) electrons. The standard InChI is InChI=1S/2C14H20ClNO.C4H6O6/c2*1-4-12-13(17-9-14(2,3)16-12)10-6-5-7-11(15)8-10;5-1(3(7)8)2(6)4(9)10/h2*5-8,12-13,16H,4,9H2,1-3H3;1-2,5-6H,(H,7,8)(H,9,10)/t2*12-,13-;1-,2-/m000/s1. The number of hydrogen-bond donors (Lipinski definition) is 6. The van der Waals surface area contributed by atoms with Crippen molar-refractivity contribution < 1.29 is 39.5 Å². The number of ether oxygens (including phenoxy) is 2. The van der Waals surface area contributed by atoms with Crippen molar-refractivity contribution in [3.63, 3.8) is 0 Å². The van der Waals surface area contributed by atoms with Crippen molar-refractivity contribution in [2.45, 2.75) is 102 Å². The average Bonchev–Trinajstić information content (AvgIpc) is 2.95. The maximum Gasteiger partial charge on any atom is 0.335 e. The van der Waals surface area contributed by atoms with E-state index in [9.17, 15) is 9.59 Å². The Labute approximate surface area is 269 Å². The number of benzene rings is 2. The molecule has 0 amide bonds. The number of carboxylic acids is 2. The van der Waals surface area contributed by atoms with Crippen molar-refractivity contribution in [3.05, 3.63) is 69.7 Å². The normalized spacial score (nSPS) is 25.2. The van der Waals surface area contributed by atoms with Crippen LogP contribution in [0.3, 0.4) is 0 Å². The number of carboxylic acid groups (broad SMARTS) is 2. The number of rotatable bonds is 7. The van der Waals surface area contributed by atoms with E-state index in [1.54, 1.807) is 0 Å². The minimum Gasteiger partial charge on any atom is -0.479 e. The van der Waals surface area contributed by atoms with E-state index in [1.165, 1.54) is 0 Å². The summed E-state index contributed by atoms with van der Waals surface area (Å²) in [6.07, 6.45) is -2.24. The van der Waals surface area contributed by atoms with Gasteiger partial charge < -0.3 is 40.5 Å². The Kier molecular flexibility index (Phi) is 14.5. The highest BCUT2D eigenvalue weighted by Gasteiger charge is 2.36. The van der Waals surface area contributed by atoms with Crippen molar-refractivity contribution in [1.29, 1.82) is 0 Å². The first-order valence-corrected chi connectivity index (χ1v) is 15.4. The maximum atomic E-state index is 9.77. The first-order valence-electron chi connectivity index (χ1n) is 14.6. The fraction of sp³-hybridized carbons (Fsp3) is 0.562. The van der Waals surface area contributed by atoms with E-state index in [0.29, 0.717) is 12.1 Å². The Morgan fingerprint density at radius 3 is 1.39 bits per heavy atom. The third kappa shape index (κ3) is 11.6. The molecule has 2 fully saturated rings. The topological polar surface area (TPSA) is 158 Å². The van der Waals surface area contributed by atoms with E-state index >= 15 is 0 Å². The van der Waals surface area contributed by atoms with Crippen LogP contribution in [0.1, 0.15) is 77.7 Å². The molecule has 4 rings (SSSR count). The van der Waals surface area contributed by atoms with Gasteiger partial charge in [-0.15, -0.1) is 0 Å². The van der Waals surface area contributed by atoms with Gasteiger partial charge in [-0.1, -0.05) is 61.3 Å². The number of carbonyl (C=O) groups is 2. The van der Waals surface area contributed by atoms with Gasteiger partial charge in [0.25, 0.3) is 0 Å². The molecule has 2 aromatic rings. The molecule has 10 nitrogen and oxygen atoms in total. The maximum absolute atomic E-state index is 9.77. The summed E-state index contributed by atoms with van der Waals surface area (Å²) in [6, 6.07) is 16.6. The predicted octanol–water partition coefficient (Wildman–Crippen LogP) is 4.99. The summed E-state index contributed by atoms with van der Waals surface area (Å²) in [7, 11) is 0. The smallest absolute Gasteiger partial charge is 0.335 e. The molecule has 12 heteroatoms. The Bertz CT molecular complexity index is 1130. The summed E-state index contributed by atoms with van der Waals surface area (Å²) >= 11 is 12.1. The summed E-state index contributed by atoms with van der Waals surface area (Å²) in [5.41, 5.74) is 2.42. The molecule has 0 aliphatic carbocycles. The number of hydrogen-bond acceptors (Lipinski definition) is 8. The molecule has 0 unspecified atom stereocenters. The second-order valence-corrected chi connectivity index (χ2v) is 13.1. The van der Waals surface area contributed by atoms with Gasteiger partial charge in [0.15, 0.2) is 12.2 Å². The third-order valence-electron chi connectivity index (χ3n) is 7.17. The SMILES string of the molecule is CC[C@@H]1NC(C)(C)CO[C@H]1c1cccc(Cl)c1.CC[C@@H]1NC(C)(C)CO[C@H]1c1cccc(Cl)c1.O=C(O)[C@@H](O)[C@H](O)C(=O)O. The summed E-state index contributed by atoms with van der Waals surface area (Å²) < 4.78 is 12.0. The van der Waals surface area contributed by atoms with Gasteiger partial charge in [0.2, 0.25) is 0 Å². The second-order valence-electron chi connectivity index (χ2n) is 12.2. The van der Waals surface area contributed by atoms with Crippen LogP contribution in [0.25, 0.3) is 0 Å². The van der Waals surface area contributed by atoms with Crippen molar-refractivity contribution in [2.24, 2.45) is 0 Å². The number of aliphatic hydroxyl groups is 2. The first kappa shape index (κ1) is 37.9. The highest BCUT2D eigenvalue weighted by Crippen LogP contribution is 2.32. The van der Waals surface area contributed by atoms with E-state index in [1.807, 2.05) is 36.4 Å². The zero-order valence-corrected chi connectivity index (χ0v) is 27.6. The van der Waals surface area contributed by atoms with Crippen LogP contribution in [0, 0.1) is 0 Å². The van der Waals surface area contributed by atoms with Gasteiger partial charge in [-0.2, -0.15) is 0 Å². The summed E-state index contributed by atoms with van der Waals surface area (Å²) in [6.45, 7) is 14.5. The molecule has 0 aromatic heterocycles. The molecule has 6 N–H and O–H groups in total. The van der Waals surface area contributed by atoms with E-state index in [-0.39, 0.29) is 23.3 Å². The van der Waals surface area contributed by atoms with E-state index in [2.05, 4.69) is 64.3 Å². The van der Waals surface area contributed by atoms with Crippen LogP contribution in [0.2, 0.25) is 10.0 Å². The fourth-order valence-corrected chi connectivity index (χ4v) is 5.39. The molecule has 0 spiro atoms. The molecular formula is C32H46Cl2N2O8. The van der Waals surface area contributed by atoms with E-state index in [0.717, 1.165) is 47.2 Å². The van der Waals surface area contributed by atoms with Crippen LogP contribution in [-0.2, 0) is 19.1 Å². The zero-order chi connectivity index (χ0) is 33.2. The molecule has 2 aliphatic heterocycles. The highest BCUT2D eigenvalue weighted by molar-refractivity contribution is 6.30. The van der Waals surface area contributed by atoms with E-state index < -0.39 is 24.1 Å². The lowest BCUT2D eigenvalue weighted by atomic mass is 9.93. The average molecular weight is 658 g/mol. The number of nitrogens with one attached hydrogen (secondary N) is 2. The van der Waals surface area contributed by atoms with Crippen molar-refractivity contribution >= 4 is 35.1 Å². The van der Waals surface area contributed by atoms with E-state index in [4.69, 9.17) is 53.1 Å². The lowest BCUT2D eigenvalue weighted by Crippen LogP contribution is -2.56. The highest BCUT2D eigenvalue weighted by atomic mass is 35.5. The molecule has 246 valence electrons. The Balaban J connectivity index is 0.000000240. The fourth-order valence-electron chi connectivity index (χ4n) is 4.99. The number of halogens is 2. The largest absolute Gasteiger partial charge is 0.479 e. The lowest BCUT2D eigenvalue weighted by Gasteiger charge is -2.42. The summed E-state index contributed by atoms with van der Waals surface area (Å²) in [4.78, 5) is 19.5.